The van der Waals surface area contributed by atoms with Crippen LogP contribution in [0.1, 0.15) is 18.1 Å². The van der Waals surface area contributed by atoms with Crippen molar-refractivity contribution in [2.24, 2.45) is 0 Å². The summed E-state index contributed by atoms with van der Waals surface area (Å²) in [4.78, 5) is 12.9. The lowest BCUT2D eigenvalue weighted by Gasteiger charge is -2.14. The number of nitrogens with zero attached hydrogens (tertiary/aromatic N) is 1. The Bertz CT molecular complexity index is 476. The molecular formula is C14H20N2O4. The van der Waals surface area contributed by atoms with Crippen LogP contribution in [0.15, 0.2) is 18.2 Å². The standard InChI is InChI=1S/C14H20N2O4/c1-16(2)14(18)5-6-15-8-11(17)10-3-4-12-13(7-10)20-9-19-12/h3-4,7,11,15,17H,5-6,8-9H2,1-2H3. The number of aliphatic hydroxyl groups excluding tert-OH is 1. The largest absolute Gasteiger partial charge is 0.454 e. The predicted molar refractivity (Wildman–Crippen MR) is 73.7 cm³/mol. The zero-order valence-corrected chi connectivity index (χ0v) is 11.8. The van der Waals surface area contributed by atoms with Crippen molar-refractivity contribution >= 4 is 5.91 Å². The lowest BCUT2D eigenvalue weighted by atomic mass is 10.1. The van der Waals surface area contributed by atoms with Crippen molar-refractivity contribution in [3.63, 3.8) is 0 Å². The minimum Gasteiger partial charge on any atom is -0.454 e. The van der Waals surface area contributed by atoms with Crippen molar-refractivity contribution in [2.75, 3.05) is 34.0 Å². The van der Waals surface area contributed by atoms with Crippen LogP contribution in [0.25, 0.3) is 0 Å². The van der Waals surface area contributed by atoms with Gasteiger partial charge in [0.25, 0.3) is 0 Å². The van der Waals surface area contributed by atoms with Crippen molar-refractivity contribution in [1.29, 1.82) is 0 Å². The van der Waals surface area contributed by atoms with E-state index in [-0.39, 0.29) is 12.7 Å². The second-order valence-electron chi connectivity index (χ2n) is 4.87. The van der Waals surface area contributed by atoms with Crippen LogP contribution in [0.4, 0.5) is 0 Å². The minimum absolute atomic E-state index is 0.0649. The molecule has 1 aromatic rings. The van der Waals surface area contributed by atoms with Gasteiger partial charge in [-0.25, -0.2) is 0 Å². The van der Waals surface area contributed by atoms with Crippen LogP contribution in [0.3, 0.4) is 0 Å². The first-order valence-electron chi connectivity index (χ1n) is 6.56. The van der Waals surface area contributed by atoms with E-state index in [0.29, 0.717) is 31.0 Å². The summed E-state index contributed by atoms with van der Waals surface area (Å²) < 4.78 is 10.5. The summed E-state index contributed by atoms with van der Waals surface area (Å²) in [7, 11) is 3.45. The summed E-state index contributed by atoms with van der Waals surface area (Å²) in [6.07, 6.45) is -0.222. The molecule has 0 aromatic heterocycles. The fourth-order valence-electron chi connectivity index (χ4n) is 1.90. The average molecular weight is 280 g/mol. The van der Waals surface area contributed by atoms with Gasteiger partial charge in [0, 0.05) is 33.6 Å². The van der Waals surface area contributed by atoms with Gasteiger partial charge in [0.2, 0.25) is 12.7 Å². The van der Waals surface area contributed by atoms with Crippen molar-refractivity contribution < 1.29 is 19.4 Å². The van der Waals surface area contributed by atoms with E-state index in [1.165, 1.54) is 0 Å². The molecule has 0 radical (unpaired) electrons. The normalized spacial score (nSPS) is 14.2. The van der Waals surface area contributed by atoms with Crippen molar-refractivity contribution in [3.8, 4) is 11.5 Å². The number of hydrogen-bond donors (Lipinski definition) is 2. The summed E-state index contributed by atoms with van der Waals surface area (Å²) in [6.45, 7) is 1.15. The molecule has 110 valence electrons. The number of hydrogen-bond acceptors (Lipinski definition) is 5. The summed E-state index contributed by atoms with van der Waals surface area (Å²) in [5, 5.41) is 13.1. The Balaban J connectivity index is 1.77. The van der Waals surface area contributed by atoms with E-state index in [2.05, 4.69) is 5.32 Å². The first-order chi connectivity index (χ1) is 9.58. The van der Waals surface area contributed by atoms with Crippen LogP contribution in [-0.4, -0.2) is 49.9 Å². The number of aliphatic hydroxyl groups is 1. The maximum atomic E-state index is 11.4. The zero-order chi connectivity index (χ0) is 14.5. The van der Waals surface area contributed by atoms with E-state index in [1.54, 1.807) is 31.1 Å². The van der Waals surface area contributed by atoms with Crippen molar-refractivity contribution in [3.05, 3.63) is 23.8 Å². The van der Waals surface area contributed by atoms with E-state index >= 15 is 0 Å². The number of carbonyl (C=O) groups is 1. The highest BCUT2D eigenvalue weighted by molar-refractivity contribution is 5.75. The van der Waals surface area contributed by atoms with E-state index in [1.807, 2.05) is 6.07 Å². The minimum atomic E-state index is -0.640. The third-order valence-electron chi connectivity index (χ3n) is 3.13. The van der Waals surface area contributed by atoms with Crippen LogP contribution < -0.4 is 14.8 Å². The Morgan fingerprint density at radius 3 is 2.90 bits per heavy atom. The smallest absolute Gasteiger partial charge is 0.231 e. The number of fused-ring (bicyclic) bond motifs is 1. The Hall–Kier alpha value is -1.79. The van der Waals surface area contributed by atoms with Crippen LogP contribution in [0.2, 0.25) is 0 Å². The fraction of sp³-hybridized carbons (Fsp3) is 0.500. The van der Waals surface area contributed by atoms with Crippen molar-refractivity contribution in [1.82, 2.24) is 10.2 Å². The number of rotatable bonds is 6. The Morgan fingerprint density at radius 1 is 1.40 bits per heavy atom. The molecule has 0 saturated heterocycles. The summed E-state index contributed by atoms with van der Waals surface area (Å²) in [5.41, 5.74) is 0.765. The second-order valence-corrected chi connectivity index (χ2v) is 4.87. The zero-order valence-electron chi connectivity index (χ0n) is 11.8. The quantitative estimate of drug-likeness (QED) is 0.743. The molecule has 2 rings (SSSR count). The van der Waals surface area contributed by atoms with Gasteiger partial charge in [0.15, 0.2) is 11.5 Å². The number of amides is 1. The van der Waals surface area contributed by atoms with Gasteiger partial charge in [-0.15, -0.1) is 0 Å². The maximum absolute atomic E-state index is 11.4. The van der Waals surface area contributed by atoms with Gasteiger partial charge in [0.1, 0.15) is 0 Å². The van der Waals surface area contributed by atoms with Gasteiger partial charge in [-0.3, -0.25) is 4.79 Å². The topological polar surface area (TPSA) is 71.0 Å². The molecule has 0 fully saturated rings. The molecule has 0 aliphatic carbocycles. The molecule has 20 heavy (non-hydrogen) atoms. The van der Waals surface area contributed by atoms with E-state index in [0.717, 1.165) is 5.56 Å². The molecule has 1 unspecified atom stereocenters. The molecule has 1 aliphatic rings. The lowest BCUT2D eigenvalue weighted by molar-refractivity contribution is -0.128. The second kappa shape index (κ2) is 6.58. The van der Waals surface area contributed by atoms with Crippen LogP contribution in [0.5, 0.6) is 11.5 Å². The Labute approximate surface area is 118 Å². The first-order valence-corrected chi connectivity index (χ1v) is 6.56. The summed E-state index contributed by atoms with van der Waals surface area (Å²) in [6, 6.07) is 5.38. The van der Waals surface area contributed by atoms with Gasteiger partial charge in [0.05, 0.1) is 6.10 Å². The first kappa shape index (κ1) is 14.6. The molecule has 6 nitrogen and oxygen atoms in total. The van der Waals surface area contributed by atoms with Gasteiger partial charge in [-0.2, -0.15) is 0 Å². The van der Waals surface area contributed by atoms with E-state index in [9.17, 15) is 9.90 Å². The predicted octanol–water partition coefficient (Wildman–Crippen LogP) is 0.517. The molecule has 6 heteroatoms. The lowest BCUT2D eigenvalue weighted by Crippen LogP contribution is -2.28. The summed E-state index contributed by atoms with van der Waals surface area (Å²) >= 11 is 0. The van der Waals surface area contributed by atoms with Gasteiger partial charge in [-0.1, -0.05) is 6.07 Å². The monoisotopic (exact) mass is 280 g/mol. The van der Waals surface area contributed by atoms with E-state index < -0.39 is 6.10 Å². The third kappa shape index (κ3) is 3.61. The third-order valence-corrected chi connectivity index (χ3v) is 3.13. The van der Waals surface area contributed by atoms with Crippen LogP contribution >= 0.6 is 0 Å². The van der Waals surface area contributed by atoms with Gasteiger partial charge >= 0.3 is 0 Å². The van der Waals surface area contributed by atoms with Crippen LogP contribution in [0, 0.1) is 0 Å². The molecule has 0 bridgehead atoms. The fourth-order valence-corrected chi connectivity index (χ4v) is 1.90. The number of ether oxygens (including phenoxy) is 2. The molecule has 1 atom stereocenters. The highest BCUT2D eigenvalue weighted by atomic mass is 16.7. The van der Waals surface area contributed by atoms with Gasteiger partial charge in [-0.05, 0) is 17.7 Å². The summed E-state index contributed by atoms with van der Waals surface area (Å²) in [5.74, 6) is 1.42. The highest BCUT2D eigenvalue weighted by Gasteiger charge is 2.16. The molecule has 1 heterocycles. The van der Waals surface area contributed by atoms with Crippen molar-refractivity contribution in [2.45, 2.75) is 12.5 Å². The molecule has 1 amide bonds. The number of carbonyl (C=O) groups excluding carboxylic acids is 1. The molecule has 0 spiro atoms. The maximum Gasteiger partial charge on any atom is 0.231 e. The molecule has 2 N–H and O–H groups in total. The molecular weight excluding hydrogens is 260 g/mol. The molecule has 1 aromatic carbocycles. The number of benzene rings is 1. The molecule has 1 aliphatic heterocycles. The van der Waals surface area contributed by atoms with E-state index in [4.69, 9.17) is 9.47 Å². The number of nitrogens with one attached hydrogen (secondary N) is 1. The Morgan fingerprint density at radius 2 is 2.15 bits per heavy atom. The van der Waals surface area contributed by atoms with Gasteiger partial charge < -0.3 is 24.8 Å². The SMILES string of the molecule is CN(C)C(=O)CCNCC(O)c1ccc2c(c1)OCO2. The molecule has 0 saturated carbocycles. The van der Waals surface area contributed by atoms with Crippen LogP contribution in [-0.2, 0) is 4.79 Å². The highest BCUT2D eigenvalue weighted by Crippen LogP contribution is 2.33. The average Bonchev–Trinajstić information content (AvgIpc) is 2.90. The Kier molecular flexibility index (Phi) is 4.81.